The van der Waals surface area contributed by atoms with Crippen LogP contribution in [0.2, 0.25) is 0 Å². The summed E-state index contributed by atoms with van der Waals surface area (Å²) in [5.41, 5.74) is -2.98. The van der Waals surface area contributed by atoms with Crippen molar-refractivity contribution in [2.24, 2.45) is 16.2 Å². The van der Waals surface area contributed by atoms with Crippen molar-refractivity contribution in [3.8, 4) is 0 Å². The molecular formula is C27H48O8. The van der Waals surface area contributed by atoms with Crippen LogP contribution >= 0.6 is 0 Å². The summed E-state index contributed by atoms with van der Waals surface area (Å²) in [6.45, 7) is 15.1. The van der Waals surface area contributed by atoms with Crippen LogP contribution in [0.5, 0.6) is 0 Å². The molecule has 8 nitrogen and oxygen atoms in total. The molecule has 0 aromatic heterocycles. The average Bonchev–Trinajstić information content (AvgIpc) is 3.63. The molecule has 0 radical (unpaired) electrons. The van der Waals surface area contributed by atoms with Crippen molar-refractivity contribution in [3.63, 3.8) is 0 Å². The first-order chi connectivity index (χ1) is 16.4. The molecule has 0 aliphatic carbocycles. The molecule has 0 bridgehead atoms. The molecule has 0 amide bonds. The lowest BCUT2D eigenvalue weighted by molar-refractivity contribution is -0.169. The highest BCUT2D eigenvalue weighted by atomic mass is 16.6. The Hall–Kier alpha value is -1.67. The molecule has 204 valence electrons. The number of rotatable bonds is 19. The third kappa shape index (κ3) is 10.9. The van der Waals surface area contributed by atoms with Crippen LogP contribution in [0.25, 0.3) is 0 Å². The van der Waals surface area contributed by atoms with Gasteiger partial charge in [-0.15, -0.1) is 0 Å². The van der Waals surface area contributed by atoms with Crippen LogP contribution < -0.4 is 0 Å². The Balaban J connectivity index is 3.00. The van der Waals surface area contributed by atoms with Crippen LogP contribution in [-0.4, -0.2) is 63.7 Å². The molecule has 0 saturated carbocycles. The molecule has 1 aliphatic heterocycles. The van der Waals surface area contributed by atoms with Crippen LogP contribution in [0, 0.1) is 16.2 Å². The first kappa shape index (κ1) is 31.4. The molecule has 3 atom stereocenters. The summed E-state index contributed by atoms with van der Waals surface area (Å²) in [5.74, 6) is -1.18. The number of esters is 3. The molecule has 35 heavy (non-hydrogen) atoms. The van der Waals surface area contributed by atoms with Gasteiger partial charge >= 0.3 is 17.9 Å². The number of ether oxygens (including phenoxy) is 5. The Morgan fingerprint density at radius 2 is 1.40 bits per heavy atom. The Morgan fingerprint density at radius 1 is 0.771 bits per heavy atom. The average molecular weight is 501 g/mol. The quantitative estimate of drug-likeness (QED) is 0.107. The van der Waals surface area contributed by atoms with Crippen molar-refractivity contribution in [2.75, 3.05) is 39.6 Å². The second kappa shape index (κ2) is 14.8. The van der Waals surface area contributed by atoms with E-state index >= 15 is 0 Å². The molecule has 0 aromatic carbocycles. The summed E-state index contributed by atoms with van der Waals surface area (Å²) in [5, 5.41) is 0. The van der Waals surface area contributed by atoms with E-state index in [4.69, 9.17) is 23.7 Å². The molecule has 1 saturated heterocycles. The summed E-state index contributed by atoms with van der Waals surface area (Å²) in [7, 11) is 0. The second-order valence-corrected chi connectivity index (χ2v) is 10.8. The van der Waals surface area contributed by atoms with Gasteiger partial charge in [-0.2, -0.15) is 0 Å². The van der Waals surface area contributed by atoms with Gasteiger partial charge in [0.1, 0.15) is 19.3 Å². The molecule has 1 fully saturated rings. The molecule has 1 rings (SSSR count). The molecule has 1 aliphatic rings. The van der Waals surface area contributed by atoms with Crippen LogP contribution in [0.3, 0.4) is 0 Å². The number of carbonyl (C=O) groups is 3. The van der Waals surface area contributed by atoms with E-state index < -0.39 is 28.2 Å². The first-order valence-corrected chi connectivity index (χ1v) is 13.1. The van der Waals surface area contributed by atoms with Gasteiger partial charge in [-0.1, -0.05) is 33.1 Å². The molecule has 3 unspecified atom stereocenters. The summed E-state index contributed by atoms with van der Waals surface area (Å²) >= 11 is 0. The Kier molecular flexibility index (Phi) is 13.2. The predicted octanol–water partition coefficient (Wildman–Crippen LogP) is 4.86. The number of carbonyl (C=O) groups excluding carboxylic acids is 3. The van der Waals surface area contributed by atoms with E-state index in [9.17, 15) is 14.4 Å². The highest BCUT2D eigenvalue weighted by molar-refractivity contribution is 5.82. The van der Waals surface area contributed by atoms with E-state index in [-0.39, 0.29) is 38.1 Å². The summed E-state index contributed by atoms with van der Waals surface area (Å²) < 4.78 is 27.0. The minimum atomic E-state index is -1.09. The molecule has 1 heterocycles. The monoisotopic (exact) mass is 500 g/mol. The fourth-order valence-corrected chi connectivity index (χ4v) is 4.37. The summed E-state index contributed by atoms with van der Waals surface area (Å²) in [4.78, 5) is 39.3. The van der Waals surface area contributed by atoms with Crippen LogP contribution in [0.4, 0.5) is 0 Å². The fourth-order valence-electron chi connectivity index (χ4n) is 4.37. The highest BCUT2D eigenvalue weighted by Crippen LogP contribution is 2.46. The predicted molar refractivity (Wildman–Crippen MR) is 133 cm³/mol. The SMILES string of the molecule is CCCCCCOC(=O)C(C)(CC(C)(C)C(=O)OCCOCC)CC(C)(CC)C(=O)OCC1CO1. The zero-order valence-corrected chi connectivity index (χ0v) is 23.0. The van der Waals surface area contributed by atoms with Gasteiger partial charge < -0.3 is 23.7 Å². The minimum absolute atomic E-state index is 0.0371. The van der Waals surface area contributed by atoms with Gasteiger partial charge in [0, 0.05) is 6.61 Å². The van der Waals surface area contributed by atoms with E-state index in [1.807, 2.05) is 20.8 Å². The maximum atomic E-state index is 13.4. The lowest BCUT2D eigenvalue weighted by Gasteiger charge is -2.39. The molecule has 0 N–H and O–H groups in total. The Morgan fingerprint density at radius 3 is 1.97 bits per heavy atom. The zero-order valence-electron chi connectivity index (χ0n) is 23.0. The number of unbranched alkanes of at least 4 members (excludes halogenated alkanes) is 3. The Bertz CT molecular complexity index is 672. The lowest BCUT2D eigenvalue weighted by atomic mass is 9.65. The third-order valence-corrected chi connectivity index (χ3v) is 6.63. The Labute approximate surface area is 211 Å². The van der Waals surface area contributed by atoms with Gasteiger partial charge in [-0.25, -0.2) is 0 Å². The van der Waals surface area contributed by atoms with Crippen molar-refractivity contribution >= 4 is 17.9 Å². The highest BCUT2D eigenvalue weighted by Gasteiger charge is 2.50. The van der Waals surface area contributed by atoms with E-state index in [0.29, 0.717) is 32.8 Å². The van der Waals surface area contributed by atoms with Gasteiger partial charge in [0.05, 0.1) is 36.1 Å². The molecular weight excluding hydrogens is 452 g/mol. The normalized spacial score (nSPS) is 18.8. The van der Waals surface area contributed by atoms with Gasteiger partial charge in [0.15, 0.2) is 0 Å². The molecule has 0 aromatic rings. The summed E-state index contributed by atoms with van der Waals surface area (Å²) in [6.07, 6.45) is 4.77. The molecule has 0 spiro atoms. The van der Waals surface area contributed by atoms with Crippen LogP contribution in [0.15, 0.2) is 0 Å². The van der Waals surface area contributed by atoms with Gasteiger partial charge in [0.25, 0.3) is 0 Å². The largest absolute Gasteiger partial charge is 0.465 e. The second-order valence-electron chi connectivity index (χ2n) is 10.8. The van der Waals surface area contributed by atoms with E-state index in [2.05, 4.69) is 6.92 Å². The van der Waals surface area contributed by atoms with Crippen LogP contribution in [-0.2, 0) is 38.1 Å². The van der Waals surface area contributed by atoms with Crippen molar-refractivity contribution in [2.45, 2.75) is 99.5 Å². The van der Waals surface area contributed by atoms with Gasteiger partial charge in [0.2, 0.25) is 0 Å². The van der Waals surface area contributed by atoms with Gasteiger partial charge in [-0.05, 0) is 60.3 Å². The maximum absolute atomic E-state index is 13.4. The van der Waals surface area contributed by atoms with Crippen molar-refractivity contribution in [1.82, 2.24) is 0 Å². The standard InChI is InChI=1S/C27H48O8/c1-8-11-12-13-14-32-24(30)27(7,19-25(4,5)22(28)33-16-15-31-10-3)20-26(6,9-2)23(29)35-18-21-17-34-21/h21H,8-20H2,1-7H3. The minimum Gasteiger partial charge on any atom is -0.465 e. The van der Waals surface area contributed by atoms with Gasteiger partial charge in [-0.3, -0.25) is 14.4 Å². The number of hydrogen-bond acceptors (Lipinski definition) is 8. The number of hydrogen-bond donors (Lipinski definition) is 0. The number of epoxide rings is 1. The van der Waals surface area contributed by atoms with E-state index in [1.165, 1.54) is 0 Å². The molecule has 8 heteroatoms. The summed E-state index contributed by atoms with van der Waals surface area (Å²) in [6, 6.07) is 0. The maximum Gasteiger partial charge on any atom is 0.311 e. The third-order valence-electron chi connectivity index (χ3n) is 6.63. The fraction of sp³-hybridized carbons (Fsp3) is 0.889. The van der Waals surface area contributed by atoms with Crippen molar-refractivity contribution in [1.29, 1.82) is 0 Å². The lowest BCUT2D eigenvalue weighted by Crippen LogP contribution is -2.44. The zero-order chi connectivity index (χ0) is 26.5. The van der Waals surface area contributed by atoms with Crippen molar-refractivity contribution < 1.29 is 38.1 Å². The van der Waals surface area contributed by atoms with Crippen molar-refractivity contribution in [3.05, 3.63) is 0 Å². The smallest absolute Gasteiger partial charge is 0.311 e. The van der Waals surface area contributed by atoms with Crippen LogP contribution in [0.1, 0.15) is 93.4 Å². The first-order valence-electron chi connectivity index (χ1n) is 13.1. The van der Waals surface area contributed by atoms with E-state index in [1.54, 1.807) is 20.8 Å². The van der Waals surface area contributed by atoms with E-state index in [0.717, 1.165) is 25.7 Å². The topological polar surface area (TPSA) is 101 Å².